The highest BCUT2D eigenvalue weighted by atomic mass is 16.6. The van der Waals surface area contributed by atoms with Gasteiger partial charge in [-0.15, -0.1) is 0 Å². The molecule has 5 heteroatoms. The first-order valence-electron chi connectivity index (χ1n) is 13.8. The molecule has 0 radical (unpaired) electrons. The Labute approximate surface area is 219 Å². The highest BCUT2D eigenvalue weighted by Gasteiger charge is 2.50. The molecule has 3 aliphatic carbocycles. The number of hydrogen-bond acceptors (Lipinski definition) is 5. The van der Waals surface area contributed by atoms with Gasteiger partial charge in [0.1, 0.15) is 6.61 Å². The van der Waals surface area contributed by atoms with Crippen molar-refractivity contribution in [1.29, 1.82) is 0 Å². The van der Waals surface area contributed by atoms with Crippen molar-refractivity contribution in [2.24, 2.45) is 33.7 Å². The van der Waals surface area contributed by atoms with E-state index in [1.54, 1.807) is 6.08 Å². The van der Waals surface area contributed by atoms with Gasteiger partial charge in [0.2, 0.25) is 0 Å². The Bertz CT molecular complexity index is 879. The average molecular weight is 500 g/mol. The molecule has 3 saturated carbocycles. The molecule has 0 aromatic carbocycles. The zero-order chi connectivity index (χ0) is 26.5. The number of oxime groups is 1. The van der Waals surface area contributed by atoms with Crippen LogP contribution in [0.25, 0.3) is 0 Å². The van der Waals surface area contributed by atoms with Crippen LogP contribution in [-0.2, 0) is 9.57 Å². The van der Waals surface area contributed by atoms with Gasteiger partial charge in [-0.25, -0.2) is 0 Å². The summed E-state index contributed by atoms with van der Waals surface area (Å²) in [5.41, 5.74) is 4.37. The molecule has 0 saturated heterocycles. The highest BCUT2D eigenvalue weighted by Crippen LogP contribution is 2.59. The van der Waals surface area contributed by atoms with Gasteiger partial charge in [-0.1, -0.05) is 76.7 Å². The van der Waals surface area contributed by atoms with E-state index < -0.39 is 12.2 Å². The van der Waals surface area contributed by atoms with Crippen LogP contribution in [0.4, 0.5) is 0 Å². The predicted molar refractivity (Wildman–Crippen MR) is 148 cm³/mol. The van der Waals surface area contributed by atoms with Crippen LogP contribution in [0.2, 0.25) is 0 Å². The summed E-state index contributed by atoms with van der Waals surface area (Å²) < 4.78 is 6.22. The van der Waals surface area contributed by atoms with Gasteiger partial charge in [0, 0.05) is 18.4 Å². The standard InChI is InChI=1S/C31H49NO4/c1-8-16-36-32-29(30(4,5)6)20-35-19-21(2)26-13-14-27-23(10-9-15-31(26,27)7)11-12-24-17-25(33)18-28(34)22(24)3/h8,11-12,21,25-28,33-34H,1,3,9-10,13-20H2,2,4-7H3/b23-11+,24-12-,32-29+/t21-,25-,26-,27+,28+,31-/m1/s1. The first kappa shape index (κ1) is 28.9. The zero-order valence-electron chi connectivity index (χ0n) is 23.3. The van der Waals surface area contributed by atoms with Crippen LogP contribution in [0.15, 0.2) is 53.3 Å². The molecular formula is C31H49NO4. The summed E-state index contributed by atoms with van der Waals surface area (Å²) in [5.74, 6) is 1.68. The van der Waals surface area contributed by atoms with E-state index in [4.69, 9.17) is 9.57 Å². The van der Waals surface area contributed by atoms with E-state index >= 15 is 0 Å². The molecule has 6 atom stereocenters. The largest absolute Gasteiger partial charge is 0.393 e. The number of ether oxygens (including phenoxy) is 1. The summed E-state index contributed by atoms with van der Waals surface area (Å²) in [6.45, 7) is 20.6. The highest BCUT2D eigenvalue weighted by molar-refractivity contribution is 5.89. The first-order valence-corrected chi connectivity index (χ1v) is 13.8. The maximum absolute atomic E-state index is 10.2. The maximum atomic E-state index is 10.2. The van der Waals surface area contributed by atoms with E-state index in [1.165, 1.54) is 31.3 Å². The topological polar surface area (TPSA) is 71.3 Å². The fraction of sp³-hybridized carbons (Fsp3) is 0.710. The molecular weight excluding hydrogens is 450 g/mol. The molecule has 36 heavy (non-hydrogen) atoms. The second-order valence-corrected chi connectivity index (χ2v) is 12.5. The molecule has 0 bridgehead atoms. The summed E-state index contributed by atoms with van der Waals surface area (Å²) >= 11 is 0. The third-order valence-electron chi connectivity index (χ3n) is 8.84. The van der Waals surface area contributed by atoms with E-state index in [1.807, 2.05) is 0 Å². The number of hydrogen-bond donors (Lipinski definition) is 2. The third-order valence-corrected chi connectivity index (χ3v) is 8.84. The van der Waals surface area contributed by atoms with Crippen LogP contribution in [-0.4, -0.2) is 48.0 Å². The quantitative estimate of drug-likeness (QED) is 0.167. The monoisotopic (exact) mass is 499 g/mol. The predicted octanol–water partition coefficient (Wildman–Crippen LogP) is 6.38. The lowest BCUT2D eigenvalue weighted by molar-refractivity contribution is 0.0436. The van der Waals surface area contributed by atoms with E-state index in [0.29, 0.717) is 43.8 Å². The number of aliphatic hydroxyl groups excluding tert-OH is 2. The van der Waals surface area contributed by atoms with E-state index in [0.717, 1.165) is 29.9 Å². The Morgan fingerprint density at radius 2 is 2.00 bits per heavy atom. The Morgan fingerprint density at radius 3 is 2.69 bits per heavy atom. The van der Waals surface area contributed by atoms with E-state index in [9.17, 15) is 10.2 Å². The molecule has 0 spiro atoms. The Hall–Kier alpha value is -1.69. The Morgan fingerprint density at radius 1 is 1.25 bits per heavy atom. The number of fused-ring (bicyclic) bond motifs is 1. The van der Waals surface area contributed by atoms with Gasteiger partial charge in [-0.3, -0.25) is 0 Å². The molecule has 5 nitrogen and oxygen atoms in total. The fourth-order valence-electron chi connectivity index (χ4n) is 6.68. The van der Waals surface area contributed by atoms with Gasteiger partial charge < -0.3 is 19.8 Å². The smallest absolute Gasteiger partial charge is 0.135 e. The summed E-state index contributed by atoms with van der Waals surface area (Å²) in [4.78, 5) is 5.36. The van der Waals surface area contributed by atoms with Gasteiger partial charge in [-0.05, 0) is 72.8 Å². The second kappa shape index (κ2) is 12.2. The van der Waals surface area contributed by atoms with Gasteiger partial charge >= 0.3 is 0 Å². The van der Waals surface area contributed by atoms with Crippen LogP contribution in [0.5, 0.6) is 0 Å². The number of rotatable bonds is 9. The number of allylic oxidation sites excluding steroid dienone is 3. The van der Waals surface area contributed by atoms with Gasteiger partial charge in [0.15, 0.2) is 0 Å². The Kier molecular flexibility index (Phi) is 9.81. The lowest BCUT2D eigenvalue weighted by atomic mass is 9.61. The number of aliphatic hydroxyl groups is 2. The van der Waals surface area contributed by atoms with Gasteiger partial charge in [0.25, 0.3) is 0 Å². The van der Waals surface area contributed by atoms with Crippen molar-refractivity contribution in [1.82, 2.24) is 0 Å². The summed E-state index contributed by atoms with van der Waals surface area (Å²) in [6.07, 6.45) is 12.0. The van der Waals surface area contributed by atoms with Crippen molar-refractivity contribution in [3.05, 3.63) is 48.1 Å². The molecule has 0 heterocycles. The second-order valence-electron chi connectivity index (χ2n) is 12.5. The normalized spacial score (nSPS) is 34.6. The molecule has 0 aliphatic heterocycles. The van der Waals surface area contributed by atoms with E-state index in [-0.39, 0.29) is 10.8 Å². The lowest BCUT2D eigenvalue weighted by Crippen LogP contribution is -2.37. The molecule has 3 rings (SSSR count). The zero-order valence-corrected chi connectivity index (χ0v) is 23.3. The Balaban J connectivity index is 1.65. The summed E-state index contributed by atoms with van der Waals surface area (Å²) in [6, 6.07) is 0. The van der Waals surface area contributed by atoms with Crippen LogP contribution in [0.3, 0.4) is 0 Å². The minimum absolute atomic E-state index is 0.109. The summed E-state index contributed by atoms with van der Waals surface area (Å²) in [5, 5.41) is 24.6. The molecule has 0 amide bonds. The van der Waals surface area contributed by atoms with E-state index in [2.05, 4.69) is 65.1 Å². The fourth-order valence-corrected chi connectivity index (χ4v) is 6.68. The molecule has 3 aliphatic rings. The van der Waals surface area contributed by atoms with Gasteiger partial charge in [-0.2, -0.15) is 0 Å². The summed E-state index contributed by atoms with van der Waals surface area (Å²) in [7, 11) is 0. The van der Waals surface area contributed by atoms with Crippen LogP contribution < -0.4 is 0 Å². The molecule has 0 unspecified atom stereocenters. The maximum Gasteiger partial charge on any atom is 0.135 e. The molecule has 0 aromatic heterocycles. The van der Waals surface area contributed by atoms with Crippen LogP contribution in [0.1, 0.15) is 79.6 Å². The van der Waals surface area contributed by atoms with Crippen molar-refractivity contribution < 1.29 is 19.8 Å². The molecule has 3 fully saturated rings. The van der Waals surface area contributed by atoms with Crippen molar-refractivity contribution in [2.45, 2.75) is 91.8 Å². The first-order chi connectivity index (χ1) is 17.0. The molecule has 0 aromatic rings. The lowest BCUT2D eigenvalue weighted by Gasteiger charge is -2.44. The van der Waals surface area contributed by atoms with Crippen molar-refractivity contribution in [3.63, 3.8) is 0 Å². The SMILES string of the molecule is C=CCO/N=C(\COC[C@@H](C)[C@H]1CC[C@H]2/C(=C/C=C3/C[C@@H](O)C[C@H](O)C3=C)CCC[C@]12C)C(C)(C)C. The third kappa shape index (κ3) is 6.79. The molecule has 2 N–H and O–H groups in total. The number of nitrogens with zero attached hydrogens (tertiary/aromatic N) is 1. The van der Waals surface area contributed by atoms with Crippen LogP contribution in [0, 0.1) is 28.6 Å². The molecule has 202 valence electrons. The van der Waals surface area contributed by atoms with Gasteiger partial charge in [0.05, 0.1) is 24.5 Å². The van der Waals surface area contributed by atoms with Crippen molar-refractivity contribution in [2.75, 3.05) is 19.8 Å². The minimum Gasteiger partial charge on any atom is -0.393 e. The van der Waals surface area contributed by atoms with Crippen molar-refractivity contribution in [3.8, 4) is 0 Å². The van der Waals surface area contributed by atoms with Crippen LogP contribution >= 0.6 is 0 Å². The minimum atomic E-state index is -0.635. The average Bonchev–Trinajstić information content (AvgIpc) is 3.16. The van der Waals surface area contributed by atoms with Crippen molar-refractivity contribution >= 4 is 5.71 Å².